The Morgan fingerprint density at radius 2 is 1.85 bits per heavy atom. The van der Waals surface area contributed by atoms with Gasteiger partial charge in [0.1, 0.15) is 23.0 Å². The molecular weight excluding hydrogens is 585 g/mol. The van der Waals surface area contributed by atoms with Gasteiger partial charge in [0.05, 0.1) is 28.9 Å². The Kier molecular flexibility index (Phi) is 6.73. The standard InChI is InChI=1S/C26H16ClF7N4O3/c1-10-35-22-18(38(10)9-19(30)31)8-17(36-23(39)11-4-12(26(32,33)34)6-14(29)5-11)21-20(22)24(40)37-25(21,41)15-7-13(28)2-3-16(15)27/h2-8,19,41H,9H2,1H3,(H,36,39)(H,37,40). The molecule has 7 nitrogen and oxygen atoms in total. The molecule has 0 saturated heterocycles. The summed E-state index contributed by atoms with van der Waals surface area (Å²) < 4.78 is 95.8. The van der Waals surface area contributed by atoms with Gasteiger partial charge < -0.3 is 20.3 Å². The predicted molar refractivity (Wildman–Crippen MR) is 132 cm³/mol. The molecule has 3 N–H and O–H groups in total. The number of aryl methyl sites for hydroxylation is 1. The highest BCUT2D eigenvalue weighted by Gasteiger charge is 2.48. The van der Waals surface area contributed by atoms with E-state index in [-0.39, 0.29) is 33.5 Å². The Bertz CT molecular complexity index is 1760. The number of nitrogens with one attached hydrogen (secondary N) is 2. The molecule has 1 atom stereocenters. The molecule has 15 heteroatoms. The summed E-state index contributed by atoms with van der Waals surface area (Å²) in [5, 5.41) is 16.0. The molecule has 0 saturated carbocycles. The van der Waals surface area contributed by atoms with E-state index in [4.69, 9.17) is 11.6 Å². The van der Waals surface area contributed by atoms with Crippen LogP contribution in [0, 0.1) is 18.6 Å². The lowest BCUT2D eigenvalue weighted by Gasteiger charge is -2.27. The van der Waals surface area contributed by atoms with Gasteiger partial charge in [-0.2, -0.15) is 13.2 Å². The average Bonchev–Trinajstić information content (AvgIpc) is 3.32. The summed E-state index contributed by atoms with van der Waals surface area (Å²) in [4.78, 5) is 30.5. The van der Waals surface area contributed by atoms with Gasteiger partial charge in [-0.1, -0.05) is 11.6 Å². The number of halogens is 8. The molecule has 1 aliphatic rings. The molecule has 214 valence electrons. The van der Waals surface area contributed by atoms with Crippen molar-refractivity contribution in [3.63, 3.8) is 0 Å². The maximum Gasteiger partial charge on any atom is 0.416 e. The van der Waals surface area contributed by atoms with Crippen molar-refractivity contribution in [2.24, 2.45) is 0 Å². The third kappa shape index (κ3) is 4.86. The smallest absolute Gasteiger partial charge is 0.363 e. The molecule has 0 fully saturated rings. The van der Waals surface area contributed by atoms with Crippen molar-refractivity contribution in [3.05, 3.63) is 92.8 Å². The van der Waals surface area contributed by atoms with Crippen molar-refractivity contribution in [3.8, 4) is 0 Å². The first-order chi connectivity index (χ1) is 19.1. The predicted octanol–water partition coefficient (Wildman–Crippen LogP) is 5.75. The van der Waals surface area contributed by atoms with Crippen molar-refractivity contribution in [2.45, 2.75) is 31.8 Å². The van der Waals surface area contributed by atoms with Crippen molar-refractivity contribution >= 4 is 40.1 Å². The van der Waals surface area contributed by atoms with Gasteiger partial charge in [0, 0.05) is 21.7 Å². The van der Waals surface area contributed by atoms with E-state index in [1.54, 1.807) is 0 Å². The van der Waals surface area contributed by atoms with E-state index in [9.17, 15) is 45.4 Å². The lowest BCUT2D eigenvalue weighted by molar-refractivity contribution is -0.137. The van der Waals surface area contributed by atoms with Gasteiger partial charge in [0.25, 0.3) is 18.2 Å². The molecule has 41 heavy (non-hydrogen) atoms. The molecule has 1 unspecified atom stereocenters. The summed E-state index contributed by atoms with van der Waals surface area (Å²) in [5.41, 5.74) is -6.80. The first kappa shape index (κ1) is 28.4. The number of fused-ring (bicyclic) bond motifs is 3. The minimum absolute atomic E-state index is 0.0259. The minimum Gasteiger partial charge on any atom is -0.363 e. The van der Waals surface area contributed by atoms with E-state index < -0.39 is 76.3 Å². The zero-order chi connectivity index (χ0) is 30.0. The van der Waals surface area contributed by atoms with Gasteiger partial charge in [-0.15, -0.1) is 0 Å². The summed E-state index contributed by atoms with van der Waals surface area (Å²) in [7, 11) is 0. The summed E-state index contributed by atoms with van der Waals surface area (Å²) in [5.74, 6) is -4.53. The number of carbonyl (C=O) groups is 2. The molecule has 4 aromatic rings. The minimum atomic E-state index is -5.00. The van der Waals surface area contributed by atoms with E-state index >= 15 is 0 Å². The molecular formula is C26H16ClF7N4O3. The summed E-state index contributed by atoms with van der Waals surface area (Å²) in [6.45, 7) is 0.482. The summed E-state index contributed by atoms with van der Waals surface area (Å²) >= 11 is 6.20. The topological polar surface area (TPSA) is 96.2 Å². The van der Waals surface area contributed by atoms with Crippen LogP contribution in [0.15, 0.2) is 42.5 Å². The van der Waals surface area contributed by atoms with Crippen molar-refractivity contribution in [1.82, 2.24) is 14.9 Å². The quantitative estimate of drug-likeness (QED) is 0.254. The molecule has 1 aliphatic heterocycles. The first-order valence-corrected chi connectivity index (χ1v) is 12.0. The van der Waals surface area contributed by atoms with Gasteiger partial charge in [-0.05, 0) is 49.4 Å². The zero-order valence-corrected chi connectivity index (χ0v) is 21.3. The van der Waals surface area contributed by atoms with E-state index in [1.807, 2.05) is 0 Å². The Morgan fingerprint density at radius 3 is 2.51 bits per heavy atom. The number of alkyl halides is 5. The zero-order valence-electron chi connectivity index (χ0n) is 20.5. The summed E-state index contributed by atoms with van der Waals surface area (Å²) in [6, 6.07) is 5.00. The molecule has 2 amide bonds. The van der Waals surface area contributed by atoms with E-state index in [2.05, 4.69) is 15.6 Å². The fourth-order valence-corrected chi connectivity index (χ4v) is 5.04. The van der Waals surface area contributed by atoms with Gasteiger partial charge in [0.15, 0.2) is 5.72 Å². The normalized spacial score (nSPS) is 16.8. The van der Waals surface area contributed by atoms with Crippen LogP contribution in [-0.2, 0) is 18.4 Å². The van der Waals surface area contributed by atoms with Crippen LogP contribution in [0.3, 0.4) is 0 Å². The van der Waals surface area contributed by atoms with Crippen LogP contribution in [0.1, 0.15) is 43.2 Å². The Labute approximate surface area is 230 Å². The summed E-state index contributed by atoms with van der Waals surface area (Å²) in [6.07, 6.45) is -7.87. The van der Waals surface area contributed by atoms with Crippen LogP contribution in [-0.4, -0.2) is 32.9 Å². The van der Waals surface area contributed by atoms with Crippen LogP contribution < -0.4 is 10.6 Å². The highest BCUT2D eigenvalue weighted by Crippen LogP contribution is 2.45. The number of hydrogen-bond acceptors (Lipinski definition) is 4. The molecule has 3 aromatic carbocycles. The number of carbonyl (C=O) groups excluding carboxylic acids is 2. The lowest BCUT2D eigenvalue weighted by Crippen LogP contribution is -2.41. The SMILES string of the molecule is Cc1nc2c3c(c(NC(=O)c4cc(F)cc(C(F)(F)F)c4)cc2n1CC(F)F)C(O)(c1cc(F)ccc1Cl)NC3=O. The average molecular weight is 601 g/mol. The maximum atomic E-state index is 14.2. The van der Waals surface area contributed by atoms with E-state index in [0.717, 1.165) is 28.8 Å². The number of aliphatic hydroxyl groups is 1. The second kappa shape index (κ2) is 9.73. The molecule has 2 heterocycles. The second-order valence-corrected chi connectivity index (χ2v) is 9.58. The highest BCUT2D eigenvalue weighted by atomic mass is 35.5. The lowest BCUT2D eigenvalue weighted by atomic mass is 9.91. The number of aromatic nitrogens is 2. The van der Waals surface area contributed by atoms with Crippen LogP contribution in [0.5, 0.6) is 0 Å². The first-order valence-electron chi connectivity index (χ1n) is 11.6. The van der Waals surface area contributed by atoms with E-state index in [0.29, 0.717) is 12.1 Å². The number of nitrogens with zero attached hydrogens (tertiary/aromatic N) is 2. The van der Waals surface area contributed by atoms with Crippen LogP contribution >= 0.6 is 11.6 Å². The van der Waals surface area contributed by atoms with Crippen molar-refractivity contribution in [1.29, 1.82) is 0 Å². The second-order valence-electron chi connectivity index (χ2n) is 9.17. The third-order valence-electron chi connectivity index (χ3n) is 6.49. The Balaban J connectivity index is 1.77. The Hall–Kier alpha value is -4.17. The van der Waals surface area contributed by atoms with Crippen LogP contribution in [0.2, 0.25) is 5.02 Å². The number of anilines is 1. The maximum absolute atomic E-state index is 14.2. The number of rotatable bonds is 5. The molecule has 0 radical (unpaired) electrons. The van der Waals surface area contributed by atoms with Gasteiger partial charge in [-0.3, -0.25) is 9.59 Å². The van der Waals surface area contributed by atoms with Gasteiger partial charge in [-0.25, -0.2) is 22.5 Å². The number of hydrogen-bond donors (Lipinski definition) is 3. The fraction of sp³-hybridized carbons (Fsp3) is 0.192. The molecule has 1 aromatic heterocycles. The monoisotopic (exact) mass is 600 g/mol. The van der Waals surface area contributed by atoms with E-state index in [1.165, 1.54) is 6.92 Å². The number of imidazole rings is 1. The van der Waals surface area contributed by atoms with Crippen LogP contribution in [0.25, 0.3) is 11.0 Å². The fourth-order valence-electron chi connectivity index (χ4n) is 4.78. The number of amides is 2. The molecule has 5 rings (SSSR count). The van der Waals surface area contributed by atoms with Crippen molar-refractivity contribution < 1.29 is 45.4 Å². The molecule has 0 bridgehead atoms. The Morgan fingerprint density at radius 1 is 1.15 bits per heavy atom. The van der Waals surface area contributed by atoms with Gasteiger partial charge in [0.2, 0.25) is 0 Å². The highest BCUT2D eigenvalue weighted by molar-refractivity contribution is 6.31. The molecule has 0 aliphatic carbocycles. The van der Waals surface area contributed by atoms with Crippen molar-refractivity contribution in [2.75, 3.05) is 5.32 Å². The largest absolute Gasteiger partial charge is 0.416 e. The third-order valence-corrected chi connectivity index (χ3v) is 6.82. The van der Waals surface area contributed by atoms with Gasteiger partial charge >= 0.3 is 6.18 Å². The molecule has 0 spiro atoms. The number of benzene rings is 3. The van der Waals surface area contributed by atoms with Crippen LogP contribution in [0.4, 0.5) is 36.4 Å².